The lowest BCUT2D eigenvalue weighted by Crippen LogP contribution is -2.18. The minimum absolute atomic E-state index is 0.218. The second kappa shape index (κ2) is 7.20. The van der Waals surface area contributed by atoms with E-state index < -0.39 is 12.8 Å². The van der Waals surface area contributed by atoms with E-state index in [-0.39, 0.29) is 19.0 Å². The van der Waals surface area contributed by atoms with Crippen molar-refractivity contribution in [2.75, 3.05) is 6.61 Å². The molecule has 0 radical (unpaired) electrons. The predicted octanol–water partition coefficient (Wildman–Crippen LogP) is 4.19. The van der Waals surface area contributed by atoms with Gasteiger partial charge >= 0.3 is 6.18 Å². The van der Waals surface area contributed by atoms with Gasteiger partial charge in [-0.3, -0.25) is 4.57 Å². The lowest BCUT2D eigenvalue weighted by atomic mass is 10.1. The summed E-state index contributed by atoms with van der Waals surface area (Å²) in [5, 5.41) is 8.75. The van der Waals surface area contributed by atoms with Gasteiger partial charge in [0.15, 0.2) is 11.6 Å². The van der Waals surface area contributed by atoms with E-state index in [2.05, 4.69) is 20.2 Å². The molecule has 5 rings (SSSR count). The summed E-state index contributed by atoms with van der Waals surface area (Å²) in [5.74, 6) is 1.05. The summed E-state index contributed by atoms with van der Waals surface area (Å²) < 4.78 is 51.4. The average molecular weight is 451 g/mol. The minimum Gasteiger partial charge on any atom is -0.443 e. The lowest BCUT2D eigenvalue weighted by Gasteiger charge is -2.10. The van der Waals surface area contributed by atoms with Crippen LogP contribution in [-0.4, -0.2) is 42.1 Å². The third-order valence-electron chi connectivity index (χ3n) is 4.78. The highest BCUT2D eigenvalue weighted by Crippen LogP contribution is 2.36. The summed E-state index contributed by atoms with van der Waals surface area (Å²) in [4.78, 5) is 8.82. The van der Waals surface area contributed by atoms with Crippen LogP contribution in [0.15, 0.2) is 35.2 Å². The Morgan fingerprint density at radius 3 is 2.84 bits per heavy atom. The molecule has 0 saturated heterocycles. The number of fused-ring (bicyclic) bond motifs is 5. The van der Waals surface area contributed by atoms with Gasteiger partial charge in [-0.25, -0.2) is 9.97 Å². The van der Waals surface area contributed by atoms with E-state index >= 15 is 0 Å². The SMILES string of the molecule is Cc1coc(-c2ncn3c2Cn2c(COCC(F)(F)F)nnc2-c2cc(Cl)ccc2-3)n1. The van der Waals surface area contributed by atoms with Gasteiger partial charge in [-0.05, 0) is 25.1 Å². The molecule has 12 heteroatoms. The molecule has 4 heterocycles. The van der Waals surface area contributed by atoms with Gasteiger partial charge in [0.25, 0.3) is 0 Å². The number of benzene rings is 1. The summed E-state index contributed by atoms with van der Waals surface area (Å²) in [7, 11) is 0. The van der Waals surface area contributed by atoms with Gasteiger partial charge in [0, 0.05) is 10.6 Å². The summed E-state index contributed by atoms with van der Waals surface area (Å²) in [6.07, 6.45) is -1.28. The molecule has 0 aliphatic carbocycles. The number of nitrogens with zero attached hydrogens (tertiary/aromatic N) is 6. The number of imidazole rings is 1. The van der Waals surface area contributed by atoms with Crippen molar-refractivity contribution >= 4 is 11.6 Å². The van der Waals surface area contributed by atoms with E-state index in [9.17, 15) is 13.2 Å². The quantitative estimate of drug-likeness (QED) is 0.408. The van der Waals surface area contributed by atoms with Gasteiger partial charge in [-0.2, -0.15) is 13.2 Å². The first-order chi connectivity index (χ1) is 14.8. The maximum atomic E-state index is 12.5. The molecule has 0 fully saturated rings. The second-order valence-corrected chi connectivity index (χ2v) is 7.44. The van der Waals surface area contributed by atoms with Crippen LogP contribution in [0.3, 0.4) is 0 Å². The molecule has 1 aliphatic rings. The predicted molar refractivity (Wildman–Crippen MR) is 103 cm³/mol. The van der Waals surface area contributed by atoms with Gasteiger partial charge in [0.05, 0.1) is 23.6 Å². The Kier molecular flexibility index (Phi) is 4.59. The summed E-state index contributed by atoms with van der Waals surface area (Å²) >= 11 is 6.21. The van der Waals surface area contributed by atoms with E-state index in [1.165, 1.54) is 6.26 Å². The van der Waals surface area contributed by atoms with E-state index in [0.29, 0.717) is 39.4 Å². The highest BCUT2D eigenvalue weighted by atomic mass is 35.5. The van der Waals surface area contributed by atoms with Crippen molar-refractivity contribution in [2.45, 2.75) is 26.3 Å². The van der Waals surface area contributed by atoms with E-state index in [4.69, 9.17) is 20.8 Å². The maximum Gasteiger partial charge on any atom is 0.411 e. The van der Waals surface area contributed by atoms with Crippen LogP contribution in [0, 0.1) is 6.92 Å². The lowest BCUT2D eigenvalue weighted by molar-refractivity contribution is -0.177. The molecule has 1 aromatic carbocycles. The Bertz CT molecular complexity index is 1280. The van der Waals surface area contributed by atoms with Crippen molar-refractivity contribution in [3.63, 3.8) is 0 Å². The summed E-state index contributed by atoms with van der Waals surface area (Å²) in [5.41, 5.74) is 3.33. The maximum absolute atomic E-state index is 12.5. The molecule has 0 unspecified atom stereocenters. The van der Waals surface area contributed by atoms with Crippen molar-refractivity contribution < 1.29 is 22.3 Å². The van der Waals surface area contributed by atoms with Crippen molar-refractivity contribution in [3.8, 4) is 28.7 Å². The van der Waals surface area contributed by atoms with Gasteiger partial charge in [0.1, 0.15) is 31.5 Å². The Balaban J connectivity index is 1.63. The number of alkyl halides is 3. The number of halogens is 4. The molecule has 0 atom stereocenters. The number of ether oxygens (including phenoxy) is 1. The van der Waals surface area contributed by atoms with Crippen molar-refractivity contribution in [1.82, 2.24) is 29.3 Å². The van der Waals surface area contributed by atoms with Crippen molar-refractivity contribution in [2.24, 2.45) is 0 Å². The molecular formula is C19H14ClF3N6O2. The molecule has 160 valence electrons. The zero-order chi connectivity index (χ0) is 21.8. The Morgan fingerprint density at radius 2 is 2.10 bits per heavy atom. The highest BCUT2D eigenvalue weighted by molar-refractivity contribution is 6.31. The van der Waals surface area contributed by atoms with Gasteiger partial charge in [0.2, 0.25) is 5.89 Å². The number of rotatable bonds is 4. The fourth-order valence-corrected chi connectivity index (χ4v) is 3.66. The topological polar surface area (TPSA) is 83.8 Å². The van der Waals surface area contributed by atoms with Crippen LogP contribution in [0.25, 0.3) is 28.7 Å². The zero-order valence-electron chi connectivity index (χ0n) is 16.0. The minimum atomic E-state index is -4.43. The zero-order valence-corrected chi connectivity index (χ0v) is 16.8. The van der Waals surface area contributed by atoms with Crippen LogP contribution >= 0.6 is 11.6 Å². The molecule has 4 aromatic rings. The monoisotopic (exact) mass is 450 g/mol. The van der Waals surface area contributed by atoms with Crippen LogP contribution in [0.1, 0.15) is 17.2 Å². The molecule has 0 amide bonds. The average Bonchev–Trinajstić information content (AvgIpc) is 3.39. The third-order valence-corrected chi connectivity index (χ3v) is 5.01. The van der Waals surface area contributed by atoms with E-state index in [1.54, 1.807) is 30.0 Å². The fourth-order valence-electron chi connectivity index (χ4n) is 3.49. The first kappa shape index (κ1) is 19.8. The van der Waals surface area contributed by atoms with Crippen LogP contribution in [0.4, 0.5) is 13.2 Å². The smallest absolute Gasteiger partial charge is 0.411 e. The highest BCUT2D eigenvalue weighted by Gasteiger charge is 2.30. The second-order valence-electron chi connectivity index (χ2n) is 7.00. The van der Waals surface area contributed by atoms with Gasteiger partial charge in [-0.1, -0.05) is 11.6 Å². The van der Waals surface area contributed by atoms with Crippen LogP contribution < -0.4 is 0 Å². The molecule has 8 nitrogen and oxygen atoms in total. The molecule has 0 saturated carbocycles. The summed E-state index contributed by atoms with van der Waals surface area (Å²) in [6.45, 7) is 0.281. The van der Waals surface area contributed by atoms with Crippen molar-refractivity contribution in [3.05, 3.63) is 53.0 Å². The largest absolute Gasteiger partial charge is 0.443 e. The van der Waals surface area contributed by atoms with Crippen LogP contribution in [0.5, 0.6) is 0 Å². The van der Waals surface area contributed by atoms with Crippen LogP contribution in [0.2, 0.25) is 5.02 Å². The molecule has 0 bridgehead atoms. The summed E-state index contributed by atoms with van der Waals surface area (Å²) in [6, 6.07) is 5.28. The van der Waals surface area contributed by atoms with Crippen molar-refractivity contribution in [1.29, 1.82) is 0 Å². The van der Waals surface area contributed by atoms with E-state index in [0.717, 1.165) is 5.69 Å². The number of oxazole rings is 1. The number of hydrogen-bond donors (Lipinski definition) is 0. The molecule has 31 heavy (non-hydrogen) atoms. The molecule has 0 N–H and O–H groups in total. The Labute approximate surface area is 178 Å². The number of aryl methyl sites for hydroxylation is 1. The third kappa shape index (κ3) is 3.59. The fraction of sp³-hybridized carbons (Fsp3) is 0.263. The molecule has 3 aromatic heterocycles. The first-order valence-corrected chi connectivity index (χ1v) is 9.53. The van der Waals surface area contributed by atoms with Crippen LogP contribution in [-0.2, 0) is 17.9 Å². The molecule has 0 spiro atoms. The first-order valence-electron chi connectivity index (χ1n) is 9.16. The van der Waals surface area contributed by atoms with Gasteiger partial charge < -0.3 is 13.7 Å². The number of hydrogen-bond acceptors (Lipinski definition) is 6. The molecule has 1 aliphatic heterocycles. The molecular weight excluding hydrogens is 437 g/mol. The number of aromatic nitrogens is 6. The van der Waals surface area contributed by atoms with E-state index in [1.807, 2.05) is 10.6 Å². The Hall–Kier alpha value is -3.18. The standard InChI is InChI=1S/C19H14ClF3N6O2/c1-10-6-31-18(25-10)16-14-5-28-15(7-30-8-19(21,22)23)26-27-17(28)12-4-11(20)2-3-13(12)29(14)9-24-16/h2-4,6,9H,5,7-8H2,1H3. The normalized spacial score (nSPS) is 12.9. The Morgan fingerprint density at radius 1 is 1.26 bits per heavy atom. The van der Waals surface area contributed by atoms with Gasteiger partial charge in [-0.15, -0.1) is 10.2 Å².